The van der Waals surface area contributed by atoms with Gasteiger partial charge in [-0.05, 0) is 45.5 Å². The number of hydrogen-bond acceptors (Lipinski definition) is 3. The molecule has 1 aliphatic rings. The predicted octanol–water partition coefficient (Wildman–Crippen LogP) is 2.24. The molecule has 18 heavy (non-hydrogen) atoms. The summed E-state index contributed by atoms with van der Waals surface area (Å²) < 4.78 is 0. The van der Waals surface area contributed by atoms with Gasteiger partial charge in [0.05, 0.1) is 0 Å². The summed E-state index contributed by atoms with van der Waals surface area (Å²) >= 11 is 0. The third kappa shape index (κ3) is 2.85. The van der Waals surface area contributed by atoms with E-state index in [0.29, 0.717) is 6.04 Å². The molecular formula is C15H25N3. The summed E-state index contributed by atoms with van der Waals surface area (Å²) in [6.45, 7) is 4.34. The van der Waals surface area contributed by atoms with E-state index >= 15 is 0 Å². The van der Waals surface area contributed by atoms with Crippen LogP contribution in [0.15, 0.2) is 24.3 Å². The molecule has 0 aliphatic carbocycles. The average Bonchev–Trinajstić information content (AvgIpc) is 2.76. The zero-order valence-electron chi connectivity index (χ0n) is 11.8. The lowest BCUT2D eigenvalue weighted by atomic mass is 10.1. The molecule has 100 valence electrons. The molecule has 1 unspecified atom stereocenters. The second-order valence-corrected chi connectivity index (χ2v) is 5.60. The van der Waals surface area contributed by atoms with E-state index in [-0.39, 0.29) is 6.04 Å². The van der Waals surface area contributed by atoms with Gasteiger partial charge in [-0.3, -0.25) is 0 Å². The molecule has 3 nitrogen and oxygen atoms in total. The Morgan fingerprint density at radius 3 is 2.78 bits per heavy atom. The molecule has 3 heteroatoms. The summed E-state index contributed by atoms with van der Waals surface area (Å²) in [5.74, 6) is 0. The minimum Gasteiger partial charge on any atom is -0.367 e. The van der Waals surface area contributed by atoms with Crippen molar-refractivity contribution in [3.8, 4) is 0 Å². The first-order valence-corrected chi connectivity index (χ1v) is 6.85. The third-order valence-corrected chi connectivity index (χ3v) is 3.69. The first-order valence-electron chi connectivity index (χ1n) is 6.85. The van der Waals surface area contributed by atoms with Crippen LogP contribution in [0.3, 0.4) is 0 Å². The van der Waals surface area contributed by atoms with Crippen LogP contribution in [-0.4, -0.2) is 38.1 Å². The van der Waals surface area contributed by atoms with Crippen LogP contribution in [0.4, 0.5) is 5.69 Å². The molecule has 1 fully saturated rings. The minimum atomic E-state index is 0.0989. The number of hydrogen-bond donors (Lipinski definition) is 1. The molecular weight excluding hydrogens is 222 g/mol. The van der Waals surface area contributed by atoms with Crippen molar-refractivity contribution < 1.29 is 0 Å². The van der Waals surface area contributed by atoms with Gasteiger partial charge in [-0.25, -0.2) is 0 Å². The zero-order chi connectivity index (χ0) is 13.1. The molecule has 0 aromatic heterocycles. The fraction of sp³-hybridized carbons (Fsp3) is 0.600. The molecule has 1 aromatic rings. The summed E-state index contributed by atoms with van der Waals surface area (Å²) in [7, 11) is 4.29. The fourth-order valence-corrected chi connectivity index (χ4v) is 2.90. The molecule has 1 aromatic carbocycles. The largest absolute Gasteiger partial charge is 0.367 e. The van der Waals surface area contributed by atoms with Gasteiger partial charge in [-0.1, -0.05) is 18.2 Å². The van der Waals surface area contributed by atoms with E-state index in [1.54, 1.807) is 0 Å². The highest BCUT2D eigenvalue weighted by Crippen LogP contribution is 2.31. The summed E-state index contributed by atoms with van der Waals surface area (Å²) in [4.78, 5) is 4.82. The van der Waals surface area contributed by atoms with E-state index in [2.05, 4.69) is 55.1 Å². The van der Waals surface area contributed by atoms with Crippen LogP contribution in [0.5, 0.6) is 0 Å². The normalized spacial score (nSPS) is 21.6. The molecule has 1 aliphatic heterocycles. The van der Waals surface area contributed by atoms with Crippen LogP contribution in [0.2, 0.25) is 0 Å². The standard InChI is InChI=1S/C15H25N3/c1-12(16)14-8-4-5-9-15(14)18-10-6-7-13(18)11-17(2)3/h4-5,8-9,12-13H,6-7,10-11,16H2,1-3H3/t12-,13?/m1/s1. The van der Waals surface area contributed by atoms with Crippen LogP contribution in [0.25, 0.3) is 0 Å². The van der Waals surface area contributed by atoms with Gasteiger partial charge in [0.25, 0.3) is 0 Å². The van der Waals surface area contributed by atoms with E-state index in [9.17, 15) is 0 Å². The van der Waals surface area contributed by atoms with Crippen molar-refractivity contribution in [3.05, 3.63) is 29.8 Å². The van der Waals surface area contributed by atoms with Crippen molar-refractivity contribution in [1.82, 2.24) is 4.90 Å². The second kappa shape index (κ2) is 5.72. The van der Waals surface area contributed by atoms with Gasteiger partial charge in [0.2, 0.25) is 0 Å². The maximum absolute atomic E-state index is 6.09. The highest BCUT2D eigenvalue weighted by molar-refractivity contribution is 5.56. The molecule has 1 heterocycles. The van der Waals surface area contributed by atoms with Gasteiger partial charge in [-0.15, -0.1) is 0 Å². The Bertz CT molecular complexity index is 387. The molecule has 2 atom stereocenters. The quantitative estimate of drug-likeness (QED) is 0.885. The molecule has 0 amide bonds. The van der Waals surface area contributed by atoms with Crippen LogP contribution in [0.1, 0.15) is 31.4 Å². The van der Waals surface area contributed by atoms with E-state index in [1.807, 2.05) is 0 Å². The predicted molar refractivity (Wildman–Crippen MR) is 78.0 cm³/mol. The smallest absolute Gasteiger partial charge is 0.0417 e. The van der Waals surface area contributed by atoms with Crippen LogP contribution in [-0.2, 0) is 0 Å². The number of nitrogens with zero attached hydrogens (tertiary/aromatic N) is 2. The number of rotatable bonds is 4. The van der Waals surface area contributed by atoms with Crippen molar-refractivity contribution in [2.75, 3.05) is 32.1 Å². The molecule has 1 saturated heterocycles. The topological polar surface area (TPSA) is 32.5 Å². The van der Waals surface area contributed by atoms with E-state index in [4.69, 9.17) is 5.73 Å². The van der Waals surface area contributed by atoms with Crippen molar-refractivity contribution in [2.45, 2.75) is 31.8 Å². The van der Waals surface area contributed by atoms with Crippen molar-refractivity contribution in [1.29, 1.82) is 0 Å². The van der Waals surface area contributed by atoms with Gasteiger partial charge >= 0.3 is 0 Å². The van der Waals surface area contributed by atoms with Gasteiger partial charge in [0.15, 0.2) is 0 Å². The lowest BCUT2D eigenvalue weighted by molar-refractivity contribution is 0.372. The summed E-state index contributed by atoms with van der Waals surface area (Å²) in [6.07, 6.45) is 2.57. The summed E-state index contributed by atoms with van der Waals surface area (Å²) in [5.41, 5.74) is 8.69. The van der Waals surface area contributed by atoms with Crippen LogP contribution >= 0.6 is 0 Å². The number of anilines is 1. The van der Waals surface area contributed by atoms with Crippen molar-refractivity contribution in [2.24, 2.45) is 5.73 Å². The third-order valence-electron chi connectivity index (χ3n) is 3.69. The maximum Gasteiger partial charge on any atom is 0.0417 e. The molecule has 0 radical (unpaired) electrons. The fourth-order valence-electron chi connectivity index (χ4n) is 2.90. The van der Waals surface area contributed by atoms with Crippen molar-refractivity contribution in [3.63, 3.8) is 0 Å². The molecule has 0 bridgehead atoms. The Morgan fingerprint density at radius 2 is 2.11 bits per heavy atom. The van der Waals surface area contributed by atoms with Crippen LogP contribution in [0, 0.1) is 0 Å². The van der Waals surface area contributed by atoms with Crippen LogP contribution < -0.4 is 10.6 Å². The SMILES string of the molecule is C[C@@H](N)c1ccccc1N1CCCC1CN(C)C. The number of para-hydroxylation sites is 1. The minimum absolute atomic E-state index is 0.0989. The van der Waals surface area contributed by atoms with Gasteiger partial charge in [0.1, 0.15) is 0 Å². The first-order chi connectivity index (χ1) is 8.59. The number of benzene rings is 1. The Balaban J connectivity index is 2.24. The second-order valence-electron chi connectivity index (χ2n) is 5.60. The monoisotopic (exact) mass is 247 g/mol. The molecule has 2 rings (SSSR count). The average molecular weight is 247 g/mol. The van der Waals surface area contributed by atoms with E-state index in [1.165, 1.54) is 24.1 Å². The maximum atomic E-state index is 6.09. The Morgan fingerprint density at radius 1 is 1.39 bits per heavy atom. The first kappa shape index (κ1) is 13.4. The highest BCUT2D eigenvalue weighted by atomic mass is 15.2. The number of nitrogens with two attached hydrogens (primary N) is 1. The summed E-state index contributed by atoms with van der Waals surface area (Å²) in [5, 5.41) is 0. The summed E-state index contributed by atoms with van der Waals surface area (Å²) in [6, 6.07) is 9.30. The van der Waals surface area contributed by atoms with Gasteiger partial charge in [0, 0.05) is 30.9 Å². The molecule has 0 saturated carbocycles. The zero-order valence-corrected chi connectivity index (χ0v) is 11.8. The highest BCUT2D eigenvalue weighted by Gasteiger charge is 2.26. The Labute approximate surface area is 111 Å². The Hall–Kier alpha value is -1.06. The van der Waals surface area contributed by atoms with E-state index < -0.39 is 0 Å². The molecule has 2 N–H and O–H groups in total. The molecule has 0 spiro atoms. The lowest BCUT2D eigenvalue weighted by Gasteiger charge is -2.31. The Kier molecular flexibility index (Phi) is 4.25. The lowest BCUT2D eigenvalue weighted by Crippen LogP contribution is -2.38. The van der Waals surface area contributed by atoms with Gasteiger partial charge < -0.3 is 15.5 Å². The van der Waals surface area contributed by atoms with Gasteiger partial charge in [-0.2, -0.15) is 0 Å². The number of likely N-dealkylation sites (N-methyl/N-ethyl adjacent to an activating group) is 1. The van der Waals surface area contributed by atoms with Crippen molar-refractivity contribution >= 4 is 5.69 Å². The van der Waals surface area contributed by atoms with E-state index in [0.717, 1.165) is 13.1 Å².